The molecular weight excluding hydrogens is 484 g/mol. The number of nitrogens with zero attached hydrogens (tertiary/aromatic N) is 4. The van der Waals surface area contributed by atoms with Crippen LogP contribution in [0.5, 0.6) is 5.75 Å². The van der Waals surface area contributed by atoms with E-state index in [0.29, 0.717) is 37.1 Å². The van der Waals surface area contributed by atoms with Crippen molar-refractivity contribution in [2.24, 2.45) is 11.8 Å². The van der Waals surface area contributed by atoms with Gasteiger partial charge in [-0.25, -0.2) is 0 Å². The van der Waals surface area contributed by atoms with Crippen molar-refractivity contribution < 1.29 is 24.3 Å². The monoisotopic (exact) mass is 522 g/mol. The molecule has 3 aromatic rings. The highest BCUT2D eigenvalue weighted by atomic mass is 16.5. The lowest BCUT2D eigenvalue weighted by Crippen LogP contribution is -2.52. The topological polar surface area (TPSA) is 122 Å². The van der Waals surface area contributed by atoms with E-state index in [1.165, 1.54) is 0 Å². The fraction of sp³-hybridized carbons (Fsp3) is 0.586. The van der Waals surface area contributed by atoms with Gasteiger partial charge in [-0.1, -0.05) is 25.9 Å². The molecule has 3 atom stereocenters. The van der Waals surface area contributed by atoms with Crippen LogP contribution in [0.3, 0.4) is 0 Å². The normalized spacial score (nSPS) is 25.2. The maximum Gasteiger partial charge on any atom is 0.308 e. The molecule has 9 heteroatoms. The van der Waals surface area contributed by atoms with Gasteiger partial charge in [-0.3, -0.25) is 14.7 Å². The number of aromatic nitrogens is 3. The number of benzene rings is 1. The number of likely N-dealkylation sites (tertiary alicyclic amines) is 1. The Morgan fingerprint density at radius 3 is 2.74 bits per heavy atom. The summed E-state index contributed by atoms with van der Waals surface area (Å²) < 4.78 is 10.9. The highest BCUT2D eigenvalue weighted by Crippen LogP contribution is 2.42. The van der Waals surface area contributed by atoms with Gasteiger partial charge >= 0.3 is 5.97 Å². The summed E-state index contributed by atoms with van der Waals surface area (Å²) in [5.41, 5.74) is 1.45. The summed E-state index contributed by atoms with van der Waals surface area (Å²) in [6.07, 6.45) is 4.81. The molecular formula is C29H38N4O5. The minimum Gasteiger partial charge on any atom is -0.497 e. The average molecular weight is 523 g/mol. The van der Waals surface area contributed by atoms with E-state index >= 15 is 0 Å². The van der Waals surface area contributed by atoms with Crippen LogP contribution in [-0.4, -0.2) is 62.4 Å². The number of aliphatic hydroxyl groups excluding tert-OH is 1. The molecule has 1 unspecified atom stereocenters. The maximum atomic E-state index is 12.2. The molecule has 3 heterocycles. The van der Waals surface area contributed by atoms with E-state index in [9.17, 15) is 15.0 Å². The lowest BCUT2D eigenvalue weighted by molar-refractivity contribution is -0.147. The second kappa shape index (κ2) is 10.6. The summed E-state index contributed by atoms with van der Waals surface area (Å²) in [6.45, 7) is 7.61. The SMILES string of the molecule is COc1ccc2nccc(C(O)CC[C@@H]3CCN(C4CC(c5nc(C(C)(C)C)no5)C4)C[C@@H]3C(=O)O)c2c1. The number of carbonyl (C=O) groups is 1. The Morgan fingerprint density at radius 1 is 1.26 bits per heavy atom. The molecule has 1 saturated heterocycles. The van der Waals surface area contributed by atoms with Crippen LogP contribution in [0.2, 0.25) is 0 Å². The molecule has 0 radical (unpaired) electrons. The van der Waals surface area contributed by atoms with E-state index in [1.807, 2.05) is 24.3 Å². The average Bonchev–Trinajstić information content (AvgIpc) is 3.36. The van der Waals surface area contributed by atoms with Crippen LogP contribution in [0.4, 0.5) is 0 Å². The lowest BCUT2D eigenvalue weighted by atomic mass is 9.75. The van der Waals surface area contributed by atoms with Gasteiger partial charge in [0, 0.05) is 35.5 Å². The highest BCUT2D eigenvalue weighted by Gasteiger charge is 2.43. The molecule has 2 N–H and O–H groups in total. The Kier molecular flexibility index (Phi) is 7.42. The third kappa shape index (κ3) is 5.40. The Labute approximate surface area is 223 Å². The molecule has 1 saturated carbocycles. The standard InChI is InChI=1S/C29H38N4O5/c1-29(2,3)28-31-26(38-32-28)18-13-19(14-18)33-12-10-17(23(16-33)27(35)36)5-8-25(34)21-9-11-30-24-7-6-20(37-4)15-22(21)24/h6-7,9,11,15,17-19,23,25,34H,5,8,10,12-14,16H2,1-4H3,(H,35,36)/t17-,18?,19?,23+,25?/m1/s1. The zero-order valence-corrected chi connectivity index (χ0v) is 22.6. The first-order valence-electron chi connectivity index (χ1n) is 13.6. The zero-order chi connectivity index (χ0) is 27.0. The fourth-order valence-corrected chi connectivity index (χ4v) is 5.87. The number of pyridine rings is 1. The number of aliphatic hydroxyl groups is 1. The predicted octanol–water partition coefficient (Wildman–Crippen LogP) is 4.71. The van der Waals surface area contributed by atoms with E-state index in [4.69, 9.17) is 9.26 Å². The molecule has 0 bridgehead atoms. The van der Waals surface area contributed by atoms with Crippen molar-refractivity contribution in [2.45, 2.75) is 76.4 Å². The van der Waals surface area contributed by atoms with Crippen molar-refractivity contribution >= 4 is 16.9 Å². The highest BCUT2D eigenvalue weighted by molar-refractivity contribution is 5.83. The van der Waals surface area contributed by atoms with Crippen LogP contribution in [0.1, 0.15) is 82.2 Å². The second-order valence-corrected chi connectivity index (χ2v) is 11.9. The van der Waals surface area contributed by atoms with Crippen LogP contribution in [0, 0.1) is 11.8 Å². The molecule has 2 aliphatic rings. The molecule has 0 spiro atoms. The second-order valence-electron chi connectivity index (χ2n) is 11.9. The first-order chi connectivity index (χ1) is 18.1. The van der Waals surface area contributed by atoms with Crippen LogP contribution in [-0.2, 0) is 10.2 Å². The molecule has 204 valence electrons. The van der Waals surface area contributed by atoms with Gasteiger partial charge in [-0.2, -0.15) is 4.98 Å². The van der Waals surface area contributed by atoms with Crippen molar-refractivity contribution in [1.82, 2.24) is 20.0 Å². The number of ether oxygens (including phenoxy) is 1. The molecule has 5 rings (SSSR count). The molecule has 2 fully saturated rings. The summed E-state index contributed by atoms with van der Waals surface area (Å²) in [6, 6.07) is 7.81. The number of rotatable bonds is 8. The number of methoxy groups -OCH3 is 1. The lowest BCUT2D eigenvalue weighted by Gasteiger charge is -2.46. The first-order valence-corrected chi connectivity index (χ1v) is 13.6. The maximum absolute atomic E-state index is 12.2. The minimum atomic E-state index is -0.754. The molecule has 0 amide bonds. The van der Waals surface area contributed by atoms with Gasteiger partial charge in [0.15, 0.2) is 5.82 Å². The molecule has 1 aliphatic heterocycles. The number of hydrogen-bond donors (Lipinski definition) is 2. The summed E-state index contributed by atoms with van der Waals surface area (Å²) in [5.74, 6) is 1.21. The van der Waals surface area contributed by atoms with Crippen molar-refractivity contribution in [1.29, 1.82) is 0 Å². The predicted molar refractivity (Wildman–Crippen MR) is 142 cm³/mol. The van der Waals surface area contributed by atoms with Gasteiger partial charge in [-0.15, -0.1) is 0 Å². The number of carboxylic acids is 1. The molecule has 1 aromatic carbocycles. The number of piperidine rings is 1. The molecule has 1 aliphatic carbocycles. The fourth-order valence-electron chi connectivity index (χ4n) is 5.87. The largest absolute Gasteiger partial charge is 0.497 e. The van der Waals surface area contributed by atoms with Crippen LogP contribution < -0.4 is 4.74 Å². The molecule has 2 aromatic heterocycles. The molecule has 38 heavy (non-hydrogen) atoms. The van der Waals surface area contributed by atoms with Gasteiger partial charge in [0.2, 0.25) is 5.89 Å². The van der Waals surface area contributed by atoms with E-state index in [2.05, 4.69) is 40.8 Å². The number of hydrogen-bond acceptors (Lipinski definition) is 8. The van der Waals surface area contributed by atoms with Gasteiger partial charge in [0.25, 0.3) is 0 Å². The molecule has 9 nitrogen and oxygen atoms in total. The Balaban J connectivity index is 1.18. The Morgan fingerprint density at radius 2 is 2.05 bits per heavy atom. The number of aliphatic carboxylic acids is 1. The summed E-state index contributed by atoms with van der Waals surface area (Å²) in [4.78, 5) is 23.6. The van der Waals surface area contributed by atoms with E-state index in [0.717, 1.165) is 48.1 Å². The van der Waals surface area contributed by atoms with Gasteiger partial charge in [0.1, 0.15) is 5.75 Å². The van der Waals surface area contributed by atoms with Crippen LogP contribution in [0.25, 0.3) is 10.9 Å². The van der Waals surface area contributed by atoms with Crippen molar-refractivity contribution in [3.63, 3.8) is 0 Å². The van der Waals surface area contributed by atoms with Crippen LogP contribution in [0.15, 0.2) is 35.0 Å². The van der Waals surface area contributed by atoms with Crippen LogP contribution >= 0.6 is 0 Å². The third-order valence-electron chi connectivity index (χ3n) is 8.35. The summed E-state index contributed by atoms with van der Waals surface area (Å²) in [7, 11) is 1.61. The van der Waals surface area contributed by atoms with Gasteiger partial charge in [0.05, 0.1) is 24.6 Å². The third-order valence-corrected chi connectivity index (χ3v) is 8.35. The van der Waals surface area contributed by atoms with E-state index in [1.54, 1.807) is 13.3 Å². The minimum absolute atomic E-state index is 0.0298. The zero-order valence-electron chi connectivity index (χ0n) is 22.6. The Bertz CT molecular complexity index is 1280. The summed E-state index contributed by atoms with van der Waals surface area (Å²) in [5, 5.41) is 26.1. The smallest absolute Gasteiger partial charge is 0.308 e. The Hall–Kier alpha value is -3.04. The van der Waals surface area contributed by atoms with Gasteiger partial charge < -0.3 is 19.5 Å². The van der Waals surface area contributed by atoms with E-state index < -0.39 is 18.0 Å². The first kappa shape index (κ1) is 26.6. The van der Waals surface area contributed by atoms with Crippen molar-refractivity contribution in [3.8, 4) is 5.75 Å². The number of carboxylic acid groups (broad SMARTS) is 1. The van der Waals surface area contributed by atoms with Crippen molar-refractivity contribution in [2.75, 3.05) is 20.2 Å². The van der Waals surface area contributed by atoms with Crippen molar-refractivity contribution in [3.05, 3.63) is 47.7 Å². The number of fused-ring (bicyclic) bond motifs is 1. The van der Waals surface area contributed by atoms with Gasteiger partial charge in [-0.05, 0) is 74.4 Å². The quantitative estimate of drug-likeness (QED) is 0.433. The van der Waals surface area contributed by atoms with E-state index in [-0.39, 0.29) is 17.3 Å². The summed E-state index contributed by atoms with van der Waals surface area (Å²) >= 11 is 0.